The predicted octanol–water partition coefficient (Wildman–Crippen LogP) is 3.93. The first-order valence-corrected chi connectivity index (χ1v) is 8.20. The molecule has 0 saturated carbocycles. The molecule has 0 aromatic heterocycles. The number of benzene rings is 2. The van der Waals surface area contributed by atoms with Gasteiger partial charge in [0.2, 0.25) is 0 Å². The third kappa shape index (κ3) is 4.47. The molecule has 1 N–H and O–H groups in total. The molecule has 1 unspecified atom stereocenters. The molecule has 3 nitrogen and oxygen atoms in total. The molecule has 2 aromatic carbocycles. The van der Waals surface area contributed by atoms with Gasteiger partial charge < -0.3 is 14.7 Å². The van der Waals surface area contributed by atoms with E-state index in [0.29, 0.717) is 18.1 Å². The van der Waals surface area contributed by atoms with Crippen LogP contribution in [0.1, 0.15) is 24.5 Å². The standard InChI is InChI=1S/C19H24ClNO2/c1-4-19(22,16-6-5-7-17(20)14-16)15-8-10-18(11-9-15)23-13-12-21(2)3/h5-11,14,22H,4,12-13H2,1-3H3. The molecule has 2 rings (SSSR count). The van der Waals surface area contributed by atoms with E-state index < -0.39 is 5.60 Å². The first-order valence-electron chi connectivity index (χ1n) is 7.82. The van der Waals surface area contributed by atoms with Crippen molar-refractivity contribution in [2.75, 3.05) is 27.2 Å². The third-order valence-corrected chi connectivity index (χ3v) is 4.19. The number of nitrogens with zero attached hydrogens (tertiary/aromatic N) is 1. The second-order valence-corrected chi connectivity index (χ2v) is 6.34. The predicted molar refractivity (Wildman–Crippen MR) is 95.2 cm³/mol. The minimum Gasteiger partial charge on any atom is -0.492 e. The molecule has 124 valence electrons. The van der Waals surface area contributed by atoms with Crippen molar-refractivity contribution in [3.63, 3.8) is 0 Å². The summed E-state index contributed by atoms with van der Waals surface area (Å²) in [5.41, 5.74) is 0.587. The average molecular weight is 334 g/mol. The first kappa shape index (κ1) is 17.8. The second kappa shape index (κ2) is 7.82. The molecule has 0 aliphatic heterocycles. The maximum absolute atomic E-state index is 11.1. The summed E-state index contributed by atoms with van der Waals surface area (Å²) in [6.07, 6.45) is 0.564. The summed E-state index contributed by atoms with van der Waals surface area (Å²) < 4.78 is 5.70. The Hall–Kier alpha value is -1.55. The molecule has 0 fully saturated rings. The minimum atomic E-state index is -1.05. The van der Waals surface area contributed by atoms with Gasteiger partial charge in [0, 0.05) is 11.6 Å². The molecule has 0 saturated heterocycles. The zero-order valence-corrected chi connectivity index (χ0v) is 14.7. The molecule has 1 atom stereocenters. The number of hydrogen-bond donors (Lipinski definition) is 1. The monoisotopic (exact) mass is 333 g/mol. The van der Waals surface area contributed by atoms with Crippen LogP contribution in [-0.4, -0.2) is 37.3 Å². The van der Waals surface area contributed by atoms with Gasteiger partial charge in [0.05, 0.1) is 0 Å². The van der Waals surface area contributed by atoms with Crippen LogP contribution in [0.4, 0.5) is 0 Å². The summed E-state index contributed by atoms with van der Waals surface area (Å²) in [6, 6.07) is 15.0. The second-order valence-electron chi connectivity index (χ2n) is 5.90. The fourth-order valence-electron chi connectivity index (χ4n) is 2.49. The van der Waals surface area contributed by atoms with Gasteiger partial charge in [-0.05, 0) is 55.9 Å². The average Bonchev–Trinajstić information content (AvgIpc) is 2.54. The van der Waals surface area contributed by atoms with Gasteiger partial charge in [-0.2, -0.15) is 0 Å². The van der Waals surface area contributed by atoms with Crippen LogP contribution < -0.4 is 4.74 Å². The number of likely N-dealkylation sites (N-methyl/N-ethyl adjacent to an activating group) is 1. The lowest BCUT2D eigenvalue weighted by atomic mass is 9.84. The van der Waals surface area contributed by atoms with Crippen molar-refractivity contribution in [3.05, 3.63) is 64.7 Å². The lowest BCUT2D eigenvalue weighted by Crippen LogP contribution is -2.26. The van der Waals surface area contributed by atoms with E-state index in [9.17, 15) is 5.11 Å². The van der Waals surface area contributed by atoms with E-state index in [4.69, 9.17) is 16.3 Å². The Morgan fingerprint density at radius 2 is 1.78 bits per heavy atom. The molecule has 2 aromatic rings. The normalized spacial score (nSPS) is 13.8. The molecule has 0 radical (unpaired) electrons. The Balaban J connectivity index is 2.18. The molecule has 0 spiro atoms. The van der Waals surface area contributed by atoms with Gasteiger partial charge in [0.25, 0.3) is 0 Å². The van der Waals surface area contributed by atoms with Crippen molar-refractivity contribution in [1.29, 1.82) is 0 Å². The molecular weight excluding hydrogens is 310 g/mol. The number of hydrogen-bond acceptors (Lipinski definition) is 3. The highest BCUT2D eigenvalue weighted by Gasteiger charge is 2.29. The van der Waals surface area contributed by atoms with Crippen LogP contribution in [0.3, 0.4) is 0 Å². The number of rotatable bonds is 7. The van der Waals surface area contributed by atoms with Crippen LogP contribution in [0.2, 0.25) is 5.02 Å². The van der Waals surface area contributed by atoms with Crippen LogP contribution in [0.25, 0.3) is 0 Å². The lowest BCUT2D eigenvalue weighted by molar-refractivity contribution is 0.0765. The summed E-state index contributed by atoms with van der Waals surface area (Å²) in [7, 11) is 4.03. The van der Waals surface area contributed by atoms with E-state index in [0.717, 1.165) is 23.4 Å². The van der Waals surface area contributed by atoms with E-state index >= 15 is 0 Å². The summed E-state index contributed by atoms with van der Waals surface area (Å²) in [5, 5.41) is 11.7. The van der Waals surface area contributed by atoms with Crippen LogP contribution in [0, 0.1) is 0 Å². The van der Waals surface area contributed by atoms with Gasteiger partial charge in [-0.25, -0.2) is 0 Å². The molecular formula is C19H24ClNO2. The molecule has 0 aliphatic rings. The van der Waals surface area contributed by atoms with Crippen molar-refractivity contribution in [1.82, 2.24) is 4.90 Å². The van der Waals surface area contributed by atoms with E-state index in [1.54, 1.807) is 0 Å². The molecule has 0 amide bonds. The van der Waals surface area contributed by atoms with E-state index in [2.05, 4.69) is 4.90 Å². The van der Waals surface area contributed by atoms with E-state index in [1.165, 1.54) is 0 Å². The van der Waals surface area contributed by atoms with Gasteiger partial charge in [0.15, 0.2) is 0 Å². The Morgan fingerprint density at radius 1 is 1.09 bits per heavy atom. The van der Waals surface area contributed by atoms with Gasteiger partial charge in [-0.15, -0.1) is 0 Å². The SMILES string of the molecule is CCC(O)(c1ccc(OCCN(C)C)cc1)c1cccc(Cl)c1. The summed E-state index contributed by atoms with van der Waals surface area (Å²) >= 11 is 6.07. The Labute approximate surface area is 143 Å². The minimum absolute atomic E-state index is 0.564. The number of ether oxygens (including phenoxy) is 1. The topological polar surface area (TPSA) is 32.7 Å². The van der Waals surface area contributed by atoms with Crippen molar-refractivity contribution in [3.8, 4) is 5.75 Å². The quantitative estimate of drug-likeness (QED) is 0.833. The van der Waals surface area contributed by atoms with Gasteiger partial charge in [-0.3, -0.25) is 0 Å². The molecule has 0 heterocycles. The van der Waals surface area contributed by atoms with E-state index in [-0.39, 0.29) is 0 Å². The third-order valence-electron chi connectivity index (χ3n) is 3.95. The zero-order valence-electron chi connectivity index (χ0n) is 13.9. The van der Waals surface area contributed by atoms with E-state index in [1.807, 2.05) is 69.6 Å². The fraction of sp³-hybridized carbons (Fsp3) is 0.368. The molecule has 4 heteroatoms. The van der Waals surface area contributed by atoms with Gasteiger partial charge in [0.1, 0.15) is 18.0 Å². The van der Waals surface area contributed by atoms with Crippen LogP contribution in [0.5, 0.6) is 5.75 Å². The summed E-state index contributed by atoms with van der Waals surface area (Å²) in [4.78, 5) is 2.07. The smallest absolute Gasteiger partial charge is 0.119 e. The molecule has 0 bridgehead atoms. The van der Waals surface area contributed by atoms with Crippen LogP contribution in [0.15, 0.2) is 48.5 Å². The summed E-state index contributed by atoms with van der Waals surface area (Å²) in [6.45, 7) is 3.46. The van der Waals surface area contributed by atoms with Crippen molar-refractivity contribution in [2.45, 2.75) is 18.9 Å². The number of halogens is 1. The molecule has 0 aliphatic carbocycles. The summed E-state index contributed by atoms with van der Waals surface area (Å²) in [5.74, 6) is 0.806. The highest BCUT2D eigenvalue weighted by Crippen LogP contribution is 2.34. The maximum Gasteiger partial charge on any atom is 0.119 e. The Kier molecular flexibility index (Phi) is 6.05. The van der Waals surface area contributed by atoms with Gasteiger partial charge in [-0.1, -0.05) is 42.8 Å². The Bertz CT molecular complexity index is 628. The highest BCUT2D eigenvalue weighted by atomic mass is 35.5. The van der Waals surface area contributed by atoms with Crippen LogP contribution >= 0.6 is 11.6 Å². The van der Waals surface area contributed by atoms with Crippen molar-refractivity contribution < 1.29 is 9.84 Å². The zero-order chi connectivity index (χ0) is 16.9. The van der Waals surface area contributed by atoms with Crippen molar-refractivity contribution >= 4 is 11.6 Å². The maximum atomic E-state index is 11.1. The van der Waals surface area contributed by atoms with Gasteiger partial charge >= 0.3 is 0 Å². The molecule has 23 heavy (non-hydrogen) atoms. The van der Waals surface area contributed by atoms with Crippen LogP contribution in [-0.2, 0) is 5.60 Å². The fourth-order valence-corrected chi connectivity index (χ4v) is 2.68. The Morgan fingerprint density at radius 3 is 2.35 bits per heavy atom. The first-order chi connectivity index (χ1) is 11.0. The number of aliphatic hydroxyl groups is 1. The highest BCUT2D eigenvalue weighted by molar-refractivity contribution is 6.30. The largest absolute Gasteiger partial charge is 0.492 e. The van der Waals surface area contributed by atoms with Crippen molar-refractivity contribution in [2.24, 2.45) is 0 Å². The lowest BCUT2D eigenvalue weighted by Gasteiger charge is -2.28.